The highest BCUT2D eigenvalue weighted by atomic mass is 35.5. The van der Waals surface area contributed by atoms with E-state index in [1.54, 1.807) is 22.7 Å². The van der Waals surface area contributed by atoms with Gasteiger partial charge >= 0.3 is 0 Å². The van der Waals surface area contributed by atoms with Crippen molar-refractivity contribution in [2.45, 2.75) is 124 Å². The number of amides is 4. The molecule has 4 N–H and O–H groups in total. The molecule has 69 heavy (non-hydrogen) atoms. The van der Waals surface area contributed by atoms with E-state index in [4.69, 9.17) is 26.1 Å². The number of aromatic nitrogens is 4. The van der Waals surface area contributed by atoms with Crippen molar-refractivity contribution in [3.05, 3.63) is 104 Å². The molecule has 5 heterocycles. The molecule has 0 unspecified atom stereocenters. The first-order valence-electron chi connectivity index (χ1n) is 23.3. The highest BCUT2D eigenvalue weighted by molar-refractivity contribution is 7.15. The summed E-state index contributed by atoms with van der Waals surface area (Å²) in [6, 6.07) is 12.7. The Balaban J connectivity index is 0.784. The number of ether oxygens (including phenoxy) is 2. The number of aliphatic imine (C=N–C) groups is 1. The molecule has 8 rings (SSSR count). The van der Waals surface area contributed by atoms with Crippen LogP contribution in [0.15, 0.2) is 59.0 Å². The molecule has 0 bridgehead atoms. The Kier molecular flexibility index (Phi) is 15.2. The molecule has 16 nitrogen and oxygen atoms in total. The molecule has 0 spiro atoms. The summed E-state index contributed by atoms with van der Waals surface area (Å²) in [6.45, 7) is 15.7. The van der Waals surface area contributed by atoms with Crippen LogP contribution in [0.4, 0.5) is 0 Å². The summed E-state index contributed by atoms with van der Waals surface area (Å²) in [5, 5.41) is 30.0. The summed E-state index contributed by atoms with van der Waals surface area (Å²) >= 11 is 9.47. The van der Waals surface area contributed by atoms with Crippen LogP contribution in [-0.4, -0.2) is 116 Å². The van der Waals surface area contributed by atoms with Crippen LogP contribution in [0.1, 0.15) is 110 Å². The van der Waals surface area contributed by atoms with Crippen LogP contribution in [0.25, 0.3) is 15.4 Å². The van der Waals surface area contributed by atoms with Crippen molar-refractivity contribution in [3.63, 3.8) is 0 Å². The topological polar surface area (TPSA) is 202 Å². The lowest BCUT2D eigenvalue weighted by molar-refractivity contribution is -0.147. The summed E-state index contributed by atoms with van der Waals surface area (Å²) < 4.78 is 13.9. The molecule has 3 aliphatic rings. The fraction of sp³-hybridized carbons (Fsp3) is 0.480. The SMILES string of the molecule is Cc1ncsc1-c1ccc([C@H](C)NC(=O)[C@@H]2C[C@@H](O)CN2C(=O)[C@@H](NC(=O)CO[C@H]2C[C@H](OCCNC(=O)C[C@@H]3N=C(c4ccc(Cl)cc4)c4c(sc(C)c4C)-n4c(C)nnc43)C2)C(C)(C)C)cc1. The zero-order chi connectivity index (χ0) is 49.3. The summed E-state index contributed by atoms with van der Waals surface area (Å²) in [5.74, 6) is -0.164. The number of nitrogens with one attached hydrogen (secondary N) is 3. The molecule has 2 fully saturated rings. The second kappa shape index (κ2) is 20.9. The van der Waals surface area contributed by atoms with E-state index in [-0.39, 0.29) is 62.7 Å². The maximum atomic E-state index is 14.1. The number of carbonyl (C=O) groups excluding carboxylic acids is 4. The van der Waals surface area contributed by atoms with Crippen LogP contribution in [-0.2, 0) is 28.7 Å². The highest BCUT2D eigenvalue weighted by Gasteiger charge is 2.45. The molecule has 1 aliphatic carbocycles. The lowest BCUT2D eigenvalue weighted by Crippen LogP contribution is -2.58. The Bertz CT molecular complexity index is 2720. The number of thiophene rings is 1. The molecule has 2 aliphatic heterocycles. The van der Waals surface area contributed by atoms with E-state index in [1.807, 2.05) is 100 Å². The van der Waals surface area contributed by atoms with Crippen molar-refractivity contribution in [3.8, 4) is 15.4 Å². The van der Waals surface area contributed by atoms with Gasteiger partial charge in [0.15, 0.2) is 5.82 Å². The Hall–Kier alpha value is -5.37. The number of fused-ring (bicyclic) bond motifs is 3. The Morgan fingerprint density at radius 1 is 0.913 bits per heavy atom. The number of nitrogens with zero attached hydrogens (tertiary/aromatic N) is 6. The number of carbonyl (C=O) groups is 4. The van der Waals surface area contributed by atoms with Crippen molar-refractivity contribution >= 4 is 63.6 Å². The third-order valence-corrected chi connectivity index (χ3v) is 15.5. The molecule has 3 aromatic heterocycles. The van der Waals surface area contributed by atoms with Gasteiger partial charge in [0.25, 0.3) is 0 Å². The maximum absolute atomic E-state index is 14.1. The number of aliphatic hydroxyl groups is 1. The van der Waals surface area contributed by atoms with E-state index >= 15 is 0 Å². The fourth-order valence-electron chi connectivity index (χ4n) is 9.00. The first-order chi connectivity index (χ1) is 32.9. The Morgan fingerprint density at radius 2 is 1.61 bits per heavy atom. The fourth-order valence-corrected chi connectivity index (χ4v) is 11.1. The summed E-state index contributed by atoms with van der Waals surface area (Å²) in [7, 11) is 0. The zero-order valence-electron chi connectivity index (χ0n) is 40.2. The van der Waals surface area contributed by atoms with Crippen LogP contribution in [0.2, 0.25) is 5.02 Å². The summed E-state index contributed by atoms with van der Waals surface area (Å²) in [5.41, 5.74) is 7.78. The first-order valence-corrected chi connectivity index (χ1v) is 25.4. The van der Waals surface area contributed by atoms with Crippen LogP contribution in [0.5, 0.6) is 0 Å². The second-order valence-corrected chi connectivity index (χ2v) is 21.7. The first kappa shape index (κ1) is 50.0. The van der Waals surface area contributed by atoms with E-state index in [9.17, 15) is 24.3 Å². The summed E-state index contributed by atoms with van der Waals surface area (Å²) in [6.07, 6.45) is 0.0900. The van der Waals surface area contributed by atoms with Gasteiger partial charge in [0.2, 0.25) is 23.6 Å². The third-order valence-electron chi connectivity index (χ3n) is 13.1. The van der Waals surface area contributed by atoms with Gasteiger partial charge in [-0.15, -0.1) is 32.9 Å². The van der Waals surface area contributed by atoms with Crippen molar-refractivity contribution in [1.29, 1.82) is 0 Å². The number of rotatable bonds is 16. The van der Waals surface area contributed by atoms with E-state index in [0.29, 0.717) is 36.1 Å². The third kappa shape index (κ3) is 11.2. The smallest absolute Gasteiger partial charge is 0.246 e. The van der Waals surface area contributed by atoms with Crippen LogP contribution in [0.3, 0.4) is 0 Å². The van der Waals surface area contributed by atoms with E-state index < -0.39 is 41.5 Å². The van der Waals surface area contributed by atoms with E-state index in [2.05, 4.69) is 45.0 Å². The molecule has 5 aromatic rings. The number of aliphatic hydroxyl groups excluding tert-OH is 1. The lowest BCUT2D eigenvalue weighted by Gasteiger charge is -2.36. The van der Waals surface area contributed by atoms with E-state index in [0.717, 1.165) is 54.0 Å². The van der Waals surface area contributed by atoms with Gasteiger partial charge in [0, 0.05) is 40.5 Å². The monoisotopic (exact) mass is 997 g/mol. The van der Waals surface area contributed by atoms with Crippen molar-refractivity contribution < 1.29 is 33.8 Å². The molecule has 19 heteroatoms. The minimum Gasteiger partial charge on any atom is -0.391 e. The van der Waals surface area contributed by atoms with Gasteiger partial charge in [-0.25, -0.2) is 4.98 Å². The maximum Gasteiger partial charge on any atom is 0.246 e. The predicted octanol–water partition coefficient (Wildman–Crippen LogP) is 6.67. The number of hydrogen-bond donors (Lipinski definition) is 4. The number of halogens is 1. The normalized spacial score (nSPS) is 20.8. The van der Waals surface area contributed by atoms with Crippen LogP contribution in [0, 0.1) is 33.1 Å². The molecular formula is C50H60ClN9O7S2. The Labute approximate surface area is 415 Å². The van der Waals surface area contributed by atoms with E-state index in [1.165, 1.54) is 4.90 Å². The van der Waals surface area contributed by atoms with Crippen molar-refractivity contribution in [1.82, 2.24) is 40.6 Å². The van der Waals surface area contributed by atoms with Gasteiger partial charge in [-0.1, -0.05) is 68.8 Å². The van der Waals surface area contributed by atoms with Gasteiger partial charge in [0.05, 0.1) is 59.2 Å². The van der Waals surface area contributed by atoms with Crippen molar-refractivity contribution in [2.75, 3.05) is 26.3 Å². The Morgan fingerprint density at radius 3 is 2.29 bits per heavy atom. The number of β-amino-alcohol motifs (C(OH)–C–C–N with tert-alkyl or cyclic N) is 1. The van der Waals surface area contributed by atoms with Gasteiger partial charge in [-0.05, 0) is 81.7 Å². The number of benzene rings is 2. The number of likely N-dealkylation sites (tertiary alicyclic amines) is 1. The van der Waals surface area contributed by atoms with Gasteiger partial charge in [-0.3, -0.25) is 28.7 Å². The molecular weight excluding hydrogens is 938 g/mol. The highest BCUT2D eigenvalue weighted by Crippen LogP contribution is 2.40. The quantitative estimate of drug-likeness (QED) is 0.0774. The minimum atomic E-state index is -0.980. The minimum absolute atomic E-state index is 0.0268. The van der Waals surface area contributed by atoms with Gasteiger partial charge in [0.1, 0.15) is 35.6 Å². The van der Waals surface area contributed by atoms with Gasteiger partial charge in [-0.2, -0.15) is 0 Å². The number of aryl methyl sites for hydroxylation is 3. The summed E-state index contributed by atoms with van der Waals surface area (Å²) in [4.78, 5) is 67.7. The molecule has 366 valence electrons. The zero-order valence-corrected chi connectivity index (χ0v) is 42.6. The molecule has 0 radical (unpaired) electrons. The molecule has 1 saturated carbocycles. The van der Waals surface area contributed by atoms with Crippen LogP contribution >= 0.6 is 34.3 Å². The van der Waals surface area contributed by atoms with Crippen molar-refractivity contribution in [2.24, 2.45) is 10.4 Å². The molecule has 5 atom stereocenters. The number of hydrogen-bond acceptors (Lipinski definition) is 13. The molecule has 1 saturated heterocycles. The average molecular weight is 999 g/mol. The number of thiazole rings is 1. The van der Waals surface area contributed by atoms with Gasteiger partial charge < -0.3 is 35.4 Å². The molecule has 2 aromatic carbocycles. The average Bonchev–Trinajstić information content (AvgIpc) is 4.06. The standard InChI is InChI=1S/C50H60ClN9O7S2/c1-26-29(4)69-49-42(26)43(32-13-15-34(51)16-14-32)55-38(46-58-57-30(5)60(46)49)22-40(62)52-17-18-66-36-20-37(21-36)67-24-41(63)56-45(50(6,7)8)48(65)59-23-35(61)19-39(59)47(64)54-27(2)31-9-11-33(12-10-31)44-28(3)53-25-68-44/h9-16,25,27,35-39,45,61H,17-24H2,1-8H3,(H,52,62)(H,54,64)(H,56,63)/t27-,35+,36-,37-,38-,39-,45+/m0/s1. The molecule has 4 amide bonds. The predicted molar refractivity (Wildman–Crippen MR) is 266 cm³/mol. The second-order valence-electron chi connectivity index (χ2n) is 19.2. The van der Waals surface area contributed by atoms with Crippen LogP contribution < -0.4 is 16.0 Å². The lowest BCUT2D eigenvalue weighted by atomic mass is 9.85. The largest absolute Gasteiger partial charge is 0.391 e.